The first-order chi connectivity index (χ1) is 10.6. The van der Waals surface area contributed by atoms with Gasteiger partial charge in [-0.15, -0.1) is 0 Å². The highest BCUT2D eigenvalue weighted by Gasteiger charge is 2.11. The van der Waals surface area contributed by atoms with Crippen molar-refractivity contribution < 1.29 is 19.4 Å². The summed E-state index contributed by atoms with van der Waals surface area (Å²) in [6.45, 7) is 0. The van der Waals surface area contributed by atoms with Crippen LogP contribution in [0.4, 0.5) is 5.69 Å². The molecule has 0 saturated heterocycles. The zero-order valence-corrected chi connectivity index (χ0v) is 11.9. The maximum atomic E-state index is 12.3. The number of para-hydroxylation sites is 1. The molecule has 5 nitrogen and oxygen atoms in total. The van der Waals surface area contributed by atoms with Crippen LogP contribution in [0.15, 0.2) is 54.6 Å². The van der Waals surface area contributed by atoms with E-state index in [0.29, 0.717) is 22.6 Å². The van der Waals surface area contributed by atoms with Gasteiger partial charge in [-0.3, -0.25) is 4.79 Å². The summed E-state index contributed by atoms with van der Waals surface area (Å²) in [7, 11) is 1.50. The van der Waals surface area contributed by atoms with Gasteiger partial charge >= 0.3 is 5.97 Å². The molecule has 0 radical (unpaired) electrons. The average Bonchev–Trinajstić information content (AvgIpc) is 2.53. The fourth-order valence-electron chi connectivity index (χ4n) is 1.92. The summed E-state index contributed by atoms with van der Waals surface area (Å²) >= 11 is 0. The second-order valence-corrected chi connectivity index (χ2v) is 4.45. The molecule has 0 unspecified atom stereocenters. The first-order valence-electron chi connectivity index (χ1n) is 6.55. The number of carbonyl (C=O) groups excluding carboxylic acids is 1. The first-order valence-corrected chi connectivity index (χ1v) is 6.55. The lowest BCUT2D eigenvalue weighted by atomic mass is 10.1. The summed E-state index contributed by atoms with van der Waals surface area (Å²) in [5, 5.41) is 11.4. The molecule has 1 amide bonds. The van der Waals surface area contributed by atoms with Crippen molar-refractivity contribution in [3.63, 3.8) is 0 Å². The predicted octanol–water partition coefficient (Wildman–Crippen LogP) is 3.05. The van der Waals surface area contributed by atoms with Crippen LogP contribution in [-0.2, 0) is 4.79 Å². The van der Waals surface area contributed by atoms with Crippen LogP contribution in [-0.4, -0.2) is 24.1 Å². The van der Waals surface area contributed by atoms with Gasteiger partial charge < -0.3 is 15.2 Å². The summed E-state index contributed by atoms with van der Waals surface area (Å²) in [5.74, 6) is -0.831. The molecule has 0 aromatic heterocycles. The van der Waals surface area contributed by atoms with Crippen molar-refractivity contribution in [2.24, 2.45) is 0 Å². The number of nitrogens with one attached hydrogen (secondary N) is 1. The van der Waals surface area contributed by atoms with Crippen LogP contribution in [0.3, 0.4) is 0 Å². The summed E-state index contributed by atoms with van der Waals surface area (Å²) < 4.78 is 5.16. The van der Waals surface area contributed by atoms with Crippen molar-refractivity contribution in [1.29, 1.82) is 0 Å². The highest BCUT2D eigenvalue weighted by atomic mass is 16.5. The van der Waals surface area contributed by atoms with E-state index in [1.54, 1.807) is 48.5 Å². The number of aliphatic carboxylic acids is 1. The number of rotatable bonds is 5. The number of hydrogen-bond donors (Lipinski definition) is 2. The zero-order valence-electron chi connectivity index (χ0n) is 11.9. The van der Waals surface area contributed by atoms with E-state index in [0.717, 1.165) is 6.08 Å². The molecule has 0 spiro atoms. The second kappa shape index (κ2) is 7.08. The van der Waals surface area contributed by atoms with E-state index < -0.39 is 5.97 Å². The molecular weight excluding hydrogens is 282 g/mol. The number of anilines is 1. The normalized spacial score (nSPS) is 10.4. The van der Waals surface area contributed by atoms with Crippen LogP contribution in [0.1, 0.15) is 15.9 Å². The lowest BCUT2D eigenvalue weighted by Crippen LogP contribution is -2.13. The predicted molar refractivity (Wildman–Crippen MR) is 84.1 cm³/mol. The van der Waals surface area contributed by atoms with Crippen molar-refractivity contribution >= 4 is 23.6 Å². The third-order valence-electron chi connectivity index (χ3n) is 2.91. The Morgan fingerprint density at radius 2 is 1.91 bits per heavy atom. The minimum Gasteiger partial charge on any atom is -0.496 e. The van der Waals surface area contributed by atoms with E-state index in [9.17, 15) is 9.59 Å². The maximum Gasteiger partial charge on any atom is 0.328 e. The fraction of sp³-hybridized carbons (Fsp3) is 0.0588. The van der Waals surface area contributed by atoms with E-state index in [4.69, 9.17) is 9.84 Å². The van der Waals surface area contributed by atoms with Gasteiger partial charge in [0.1, 0.15) is 5.75 Å². The standard InChI is InChI=1S/C17H15NO4/c1-22-15-8-3-2-7-14(15)17(21)18-13-6-4-5-12(11-13)9-10-16(19)20/h2-11H,1H3,(H,18,21)(H,19,20)/b10-9+. The third-order valence-corrected chi connectivity index (χ3v) is 2.91. The van der Waals surface area contributed by atoms with Gasteiger partial charge in [-0.1, -0.05) is 24.3 Å². The van der Waals surface area contributed by atoms with Crippen molar-refractivity contribution in [2.45, 2.75) is 0 Å². The number of carboxylic acid groups (broad SMARTS) is 1. The van der Waals surface area contributed by atoms with Gasteiger partial charge in [0.2, 0.25) is 0 Å². The molecule has 2 aromatic carbocycles. The smallest absolute Gasteiger partial charge is 0.328 e. The van der Waals surface area contributed by atoms with Gasteiger partial charge in [0.15, 0.2) is 0 Å². The van der Waals surface area contributed by atoms with Crippen LogP contribution < -0.4 is 10.1 Å². The molecule has 2 rings (SSSR count). The first kappa shape index (κ1) is 15.3. The monoisotopic (exact) mass is 297 g/mol. The zero-order chi connectivity index (χ0) is 15.9. The van der Waals surface area contributed by atoms with Gasteiger partial charge in [-0.05, 0) is 35.9 Å². The molecule has 0 aliphatic heterocycles. The second-order valence-electron chi connectivity index (χ2n) is 4.45. The van der Waals surface area contributed by atoms with Crippen LogP contribution in [0, 0.1) is 0 Å². The lowest BCUT2D eigenvalue weighted by Gasteiger charge is -2.09. The molecule has 0 atom stereocenters. The lowest BCUT2D eigenvalue weighted by molar-refractivity contribution is -0.131. The third kappa shape index (κ3) is 3.96. The van der Waals surface area contributed by atoms with Gasteiger partial charge in [0.05, 0.1) is 12.7 Å². The van der Waals surface area contributed by atoms with E-state index in [2.05, 4.69) is 5.32 Å². The highest BCUT2D eigenvalue weighted by molar-refractivity contribution is 6.06. The number of ether oxygens (including phenoxy) is 1. The number of carboxylic acids is 1. The summed E-state index contributed by atoms with van der Waals surface area (Å²) in [4.78, 5) is 22.8. The SMILES string of the molecule is COc1ccccc1C(=O)Nc1cccc(/C=C/C(=O)O)c1. The Morgan fingerprint density at radius 1 is 1.14 bits per heavy atom. The van der Waals surface area contributed by atoms with Gasteiger partial charge in [0.25, 0.3) is 5.91 Å². The van der Waals surface area contributed by atoms with Crippen LogP contribution in [0.25, 0.3) is 6.08 Å². The Kier molecular flexibility index (Phi) is 4.93. The molecule has 22 heavy (non-hydrogen) atoms. The Bertz CT molecular complexity index is 722. The number of hydrogen-bond acceptors (Lipinski definition) is 3. The summed E-state index contributed by atoms with van der Waals surface area (Å²) in [6, 6.07) is 13.8. The van der Waals surface area contributed by atoms with Crippen molar-refractivity contribution in [3.05, 3.63) is 65.7 Å². The molecule has 0 fully saturated rings. The largest absolute Gasteiger partial charge is 0.496 e. The van der Waals surface area contributed by atoms with Crippen LogP contribution in [0.5, 0.6) is 5.75 Å². The summed E-state index contributed by atoms with van der Waals surface area (Å²) in [5.41, 5.74) is 1.68. The van der Waals surface area contributed by atoms with Crippen LogP contribution >= 0.6 is 0 Å². The van der Waals surface area contributed by atoms with Crippen molar-refractivity contribution in [3.8, 4) is 5.75 Å². The minimum absolute atomic E-state index is 0.295. The van der Waals surface area contributed by atoms with Gasteiger partial charge in [-0.2, -0.15) is 0 Å². The number of amides is 1. The number of carbonyl (C=O) groups is 2. The number of benzene rings is 2. The minimum atomic E-state index is -1.02. The quantitative estimate of drug-likeness (QED) is 0.832. The summed E-state index contributed by atoms with van der Waals surface area (Å²) in [6.07, 6.45) is 2.50. The topological polar surface area (TPSA) is 75.6 Å². The molecule has 2 aromatic rings. The van der Waals surface area contributed by atoms with Crippen molar-refractivity contribution in [1.82, 2.24) is 0 Å². The van der Waals surface area contributed by atoms with E-state index in [1.165, 1.54) is 13.2 Å². The molecule has 2 N–H and O–H groups in total. The van der Waals surface area contributed by atoms with E-state index in [1.807, 2.05) is 0 Å². The van der Waals surface area contributed by atoms with Gasteiger partial charge in [0, 0.05) is 11.8 Å². The molecule has 0 aliphatic carbocycles. The maximum absolute atomic E-state index is 12.3. The molecule has 112 valence electrons. The van der Waals surface area contributed by atoms with Crippen molar-refractivity contribution in [2.75, 3.05) is 12.4 Å². The average molecular weight is 297 g/mol. The fourth-order valence-corrected chi connectivity index (χ4v) is 1.92. The molecule has 0 bridgehead atoms. The highest BCUT2D eigenvalue weighted by Crippen LogP contribution is 2.19. The number of methoxy groups -OCH3 is 1. The molecular formula is C17H15NO4. The Balaban J connectivity index is 2.18. The molecule has 5 heteroatoms. The molecule has 0 heterocycles. The van der Waals surface area contributed by atoms with E-state index in [-0.39, 0.29) is 5.91 Å². The van der Waals surface area contributed by atoms with E-state index >= 15 is 0 Å². The Labute approximate surface area is 127 Å². The Morgan fingerprint density at radius 3 is 2.64 bits per heavy atom. The molecule has 0 saturated carbocycles. The van der Waals surface area contributed by atoms with Crippen LogP contribution in [0.2, 0.25) is 0 Å². The Hall–Kier alpha value is -3.08. The molecule has 0 aliphatic rings. The van der Waals surface area contributed by atoms with Gasteiger partial charge in [-0.25, -0.2) is 4.79 Å².